The first-order valence-corrected chi connectivity index (χ1v) is 8.49. The van der Waals surface area contributed by atoms with Crippen LogP contribution in [0.3, 0.4) is 0 Å². The van der Waals surface area contributed by atoms with Crippen molar-refractivity contribution >= 4 is 29.1 Å². The van der Waals surface area contributed by atoms with Gasteiger partial charge in [0.05, 0.1) is 17.9 Å². The Balaban J connectivity index is 2.07. The fraction of sp³-hybridized carbons (Fsp3) is 0.312. The summed E-state index contributed by atoms with van der Waals surface area (Å²) in [7, 11) is 1.52. The number of methoxy groups -OCH3 is 1. The lowest BCUT2D eigenvalue weighted by Gasteiger charge is -2.06. The van der Waals surface area contributed by atoms with E-state index in [0.29, 0.717) is 21.5 Å². The van der Waals surface area contributed by atoms with Gasteiger partial charge in [0, 0.05) is 17.3 Å². The highest BCUT2D eigenvalue weighted by atomic mass is 35.5. The summed E-state index contributed by atoms with van der Waals surface area (Å²) in [4.78, 5) is 30.8. The zero-order valence-corrected chi connectivity index (χ0v) is 14.5. The molecule has 1 N–H and O–H groups in total. The second-order valence-corrected chi connectivity index (χ2v) is 6.22. The molecule has 1 aromatic carbocycles. The number of ether oxygens (including phenoxy) is 1. The van der Waals surface area contributed by atoms with E-state index in [0.717, 1.165) is 18.5 Å². The molecule has 2 rings (SSSR count). The molecule has 0 fully saturated rings. The minimum atomic E-state index is -0.203. The van der Waals surface area contributed by atoms with Crippen molar-refractivity contribution in [3.63, 3.8) is 0 Å². The number of ketones is 1. The summed E-state index contributed by atoms with van der Waals surface area (Å²) in [5.41, 5.74) is 1.03. The van der Waals surface area contributed by atoms with Crippen molar-refractivity contribution in [3.05, 3.63) is 50.9 Å². The Morgan fingerprint density at radius 3 is 2.83 bits per heavy atom. The highest BCUT2D eigenvalue weighted by molar-refractivity contribution is 7.99. The first-order valence-electron chi connectivity index (χ1n) is 7.13. The normalized spacial score (nSPS) is 10.6. The average molecular weight is 353 g/mol. The molecule has 0 spiro atoms. The van der Waals surface area contributed by atoms with Crippen LogP contribution in [0, 0.1) is 0 Å². The standard InChI is InChI=1S/C16H17ClN2O3S/c1-3-4-11-8-15(21)19-16(18-11)23-9-13(20)10-5-6-14(22-2)12(17)7-10/h5-8H,3-4,9H2,1-2H3,(H,18,19,21). The number of aryl methyl sites for hydroxylation is 1. The third-order valence-corrected chi connectivity index (χ3v) is 4.26. The predicted molar refractivity (Wildman–Crippen MR) is 91.9 cm³/mol. The maximum absolute atomic E-state index is 12.2. The maximum atomic E-state index is 12.2. The van der Waals surface area contributed by atoms with Gasteiger partial charge < -0.3 is 9.72 Å². The molecule has 0 atom stereocenters. The first kappa shape index (κ1) is 17.6. The number of carbonyl (C=O) groups is 1. The molecule has 0 aliphatic heterocycles. The smallest absolute Gasteiger partial charge is 0.251 e. The van der Waals surface area contributed by atoms with E-state index in [1.165, 1.54) is 24.9 Å². The maximum Gasteiger partial charge on any atom is 0.251 e. The monoisotopic (exact) mass is 352 g/mol. The Bertz CT molecular complexity index is 761. The number of nitrogens with one attached hydrogen (secondary N) is 1. The second kappa shape index (κ2) is 8.17. The number of nitrogens with zero attached hydrogens (tertiary/aromatic N) is 1. The molecule has 122 valence electrons. The van der Waals surface area contributed by atoms with Crippen molar-refractivity contribution in [1.82, 2.24) is 9.97 Å². The van der Waals surface area contributed by atoms with Gasteiger partial charge in [-0.2, -0.15) is 0 Å². The molecule has 1 heterocycles. The molecular formula is C16H17ClN2O3S. The Labute approximate surface area is 143 Å². The topological polar surface area (TPSA) is 72.0 Å². The van der Waals surface area contributed by atoms with Crippen molar-refractivity contribution < 1.29 is 9.53 Å². The molecule has 1 aromatic heterocycles. The van der Waals surface area contributed by atoms with Crippen LogP contribution in [0.1, 0.15) is 29.4 Å². The van der Waals surface area contributed by atoms with E-state index in [-0.39, 0.29) is 17.1 Å². The molecule has 0 aliphatic rings. The third kappa shape index (κ3) is 4.84. The summed E-state index contributed by atoms with van der Waals surface area (Å²) < 4.78 is 5.06. The second-order valence-electron chi connectivity index (χ2n) is 4.85. The Kier molecular flexibility index (Phi) is 6.24. The summed E-state index contributed by atoms with van der Waals surface area (Å²) in [5, 5.41) is 0.841. The zero-order valence-electron chi connectivity index (χ0n) is 12.9. The van der Waals surface area contributed by atoms with Crippen molar-refractivity contribution in [2.24, 2.45) is 0 Å². The molecule has 23 heavy (non-hydrogen) atoms. The minimum absolute atomic E-state index is 0.0944. The molecule has 7 heteroatoms. The average Bonchev–Trinajstić information content (AvgIpc) is 2.52. The summed E-state index contributed by atoms with van der Waals surface area (Å²) >= 11 is 7.23. The first-order chi connectivity index (χ1) is 11.0. The van der Waals surface area contributed by atoms with E-state index >= 15 is 0 Å². The highest BCUT2D eigenvalue weighted by Crippen LogP contribution is 2.26. The van der Waals surface area contributed by atoms with Gasteiger partial charge in [-0.05, 0) is 24.6 Å². The fourth-order valence-electron chi connectivity index (χ4n) is 1.99. The molecule has 2 aromatic rings. The number of carbonyl (C=O) groups excluding carboxylic acids is 1. The van der Waals surface area contributed by atoms with Crippen molar-refractivity contribution in [2.75, 3.05) is 12.9 Å². The molecule has 5 nitrogen and oxygen atoms in total. The molecule has 0 amide bonds. The van der Waals surface area contributed by atoms with Gasteiger partial charge in [-0.3, -0.25) is 9.59 Å². The lowest BCUT2D eigenvalue weighted by Crippen LogP contribution is -2.11. The van der Waals surface area contributed by atoms with Crippen LogP contribution < -0.4 is 10.3 Å². The van der Waals surface area contributed by atoms with E-state index in [2.05, 4.69) is 9.97 Å². The van der Waals surface area contributed by atoms with Gasteiger partial charge in [-0.1, -0.05) is 36.7 Å². The highest BCUT2D eigenvalue weighted by Gasteiger charge is 2.11. The number of thioether (sulfide) groups is 1. The summed E-state index contributed by atoms with van der Waals surface area (Å²) in [6.45, 7) is 2.02. The largest absolute Gasteiger partial charge is 0.495 e. The zero-order chi connectivity index (χ0) is 16.8. The summed E-state index contributed by atoms with van der Waals surface area (Å²) in [5.74, 6) is 0.596. The number of rotatable bonds is 7. The number of H-pyrrole nitrogens is 1. The van der Waals surface area contributed by atoms with E-state index < -0.39 is 0 Å². The Hall–Kier alpha value is -1.79. The van der Waals surface area contributed by atoms with E-state index in [1.54, 1.807) is 18.2 Å². The van der Waals surface area contributed by atoms with Crippen LogP contribution in [0.5, 0.6) is 5.75 Å². The Morgan fingerprint density at radius 2 is 2.17 bits per heavy atom. The molecular weight excluding hydrogens is 336 g/mol. The van der Waals surface area contributed by atoms with Crippen molar-refractivity contribution in [1.29, 1.82) is 0 Å². The van der Waals surface area contributed by atoms with Gasteiger partial charge in [0.25, 0.3) is 5.56 Å². The summed E-state index contributed by atoms with van der Waals surface area (Å²) in [6, 6.07) is 6.38. The number of halogens is 1. The molecule has 0 saturated carbocycles. The number of Topliss-reactive ketones (excluding diaryl/α,β-unsaturated/α-hetero) is 1. The van der Waals surface area contributed by atoms with Crippen LogP contribution in [0.15, 0.2) is 34.2 Å². The molecule has 0 unspecified atom stereocenters. The number of hydrogen-bond acceptors (Lipinski definition) is 5. The third-order valence-electron chi connectivity index (χ3n) is 3.09. The molecule has 0 radical (unpaired) electrons. The van der Waals surface area contributed by atoms with Crippen LogP contribution in [0.25, 0.3) is 0 Å². The van der Waals surface area contributed by atoms with Crippen molar-refractivity contribution in [3.8, 4) is 5.75 Å². The minimum Gasteiger partial charge on any atom is -0.495 e. The number of aromatic nitrogens is 2. The molecule has 0 aliphatic carbocycles. The van der Waals surface area contributed by atoms with Crippen LogP contribution >= 0.6 is 23.4 Å². The van der Waals surface area contributed by atoms with E-state index in [4.69, 9.17) is 16.3 Å². The van der Waals surface area contributed by atoms with Crippen molar-refractivity contribution in [2.45, 2.75) is 24.9 Å². The van der Waals surface area contributed by atoms with Crippen LogP contribution in [0.4, 0.5) is 0 Å². The quantitative estimate of drug-likeness (QED) is 0.470. The van der Waals surface area contributed by atoms with Gasteiger partial charge in [0.2, 0.25) is 0 Å². The van der Waals surface area contributed by atoms with Gasteiger partial charge in [0.15, 0.2) is 10.9 Å². The number of aromatic amines is 1. The number of hydrogen-bond donors (Lipinski definition) is 1. The van der Waals surface area contributed by atoms with Crippen LogP contribution in [0.2, 0.25) is 5.02 Å². The van der Waals surface area contributed by atoms with Crippen LogP contribution in [-0.4, -0.2) is 28.6 Å². The summed E-state index contributed by atoms with van der Waals surface area (Å²) in [6.07, 6.45) is 1.64. The SMILES string of the molecule is CCCc1cc(=O)[nH]c(SCC(=O)c2ccc(OC)c(Cl)c2)n1. The lowest BCUT2D eigenvalue weighted by atomic mass is 10.1. The Morgan fingerprint density at radius 1 is 1.39 bits per heavy atom. The van der Waals surface area contributed by atoms with E-state index in [9.17, 15) is 9.59 Å². The van der Waals surface area contributed by atoms with E-state index in [1.807, 2.05) is 6.92 Å². The predicted octanol–water partition coefficient (Wildman–Crippen LogP) is 3.36. The lowest BCUT2D eigenvalue weighted by molar-refractivity contribution is 0.102. The van der Waals surface area contributed by atoms with Gasteiger partial charge in [0.1, 0.15) is 5.75 Å². The number of benzene rings is 1. The van der Waals surface area contributed by atoms with Gasteiger partial charge >= 0.3 is 0 Å². The fourth-order valence-corrected chi connectivity index (χ4v) is 3.04. The molecule has 0 bridgehead atoms. The van der Waals surface area contributed by atoms with Crippen LogP contribution in [-0.2, 0) is 6.42 Å². The van der Waals surface area contributed by atoms with Gasteiger partial charge in [-0.15, -0.1) is 0 Å². The van der Waals surface area contributed by atoms with Gasteiger partial charge in [-0.25, -0.2) is 4.98 Å². The molecule has 0 saturated heterocycles.